The van der Waals surface area contributed by atoms with Crippen molar-refractivity contribution in [3.8, 4) is 11.1 Å². The third kappa shape index (κ3) is 4.69. The molecule has 0 saturated heterocycles. The maximum absolute atomic E-state index is 11.9. The van der Waals surface area contributed by atoms with Crippen molar-refractivity contribution < 1.29 is 14.3 Å². The first-order valence-corrected chi connectivity index (χ1v) is 7.91. The molecule has 1 amide bonds. The first-order valence-electron chi connectivity index (χ1n) is 7.91. The van der Waals surface area contributed by atoms with Gasteiger partial charge in [0.1, 0.15) is 17.9 Å². The van der Waals surface area contributed by atoms with Crippen LogP contribution in [0.3, 0.4) is 0 Å². The van der Waals surface area contributed by atoms with Gasteiger partial charge in [-0.05, 0) is 56.0 Å². The molecule has 0 aliphatic carbocycles. The maximum atomic E-state index is 11.9. The van der Waals surface area contributed by atoms with Crippen molar-refractivity contribution in [2.24, 2.45) is 0 Å². The fourth-order valence-corrected chi connectivity index (χ4v) is 2.43. The smallest absolute Gasteiger partial charge is 0.408 e. The number of hydrogen-bond donors (Lipinski definition) is 1. The molecule has 4 nitrogen and oxygen atoms in total. The lowest BCUT2D eigenvalue weighted by Gasteiger charge is -2.22. The molecule has 126 valence electrons. The van der Waals surface area contributed by atoms with Gasteiger partial charge in [-0.15, -0.1) is 0 Å². The predicted octanol–water partition coefficient (Wildman–Crippen LogP) is 4.43. The number of ether oxygens (including phenoxy) is 1. The minimum atomic E-state index is -0.746. The lowest BCUT2D eigenvalue weighted by Crippen LogP contribution is -2.35. The molecule has 0 aromatic heterocycles. The van der Waals surface area contributed by atoms with Crippen LogP contribution in [-0.4, -0.2) is 18.0 Å². The zero-order valence-corrected chi connectivity index (χ0v) is 14.5. The first-order chi connectivity index (χ1) is 11.3. The molecule has 0 heterocycles. The lowest BCUT2D eigenvalue weighted by molar-refractivity contribution is -0.109. The number of rotatable bonds is 4. The van der Waals surface area contributed by atoms with Gasteiger partial charge in [0.25, 0.3) is 0 Å². The molecule has 1 unspecified atom stereocenters. The van der Waals surface area contributed by atoms with Crippen molar-refractivity contribution >= 4 is 12.4 Å². The Balaban J connectivity index is 2.24. The van der Waals surface area contributed by atoms with E-state index >= 15 is 0 Å². The summed E-state index contributed by atoms with van der Waals surface area (Å²) in [5, 5.41) is 2.60. The van der Waals surface area contributed by atoms with Crippen LogP contribution in [0.15, 0.2) is 48.5 Å². The van der Waals surface area contributed by atoms with Gasteiger partial charge in [0, 0.05) is 0 Å². The van der Waals surface area contributed by atoms with Gasteiger partial charge in [0.05, 0.1) is 0 Å². The Morgan fingerprint density at radius 1 is 1.12 bits per heavy atom. The van der Waals surface area contributed by atoms with E-state index in [1.165, 1.54) is 0 Å². The minimum absolute atomic E-state index is 0.610. The summed E-state index contributed by atoms with van der Waals surface area (Å²) >= 11 is 0. The molecule has 2 aromatic rings. The van der Waals surface area contributed by atoms with Crippen LogP contribution in [0.2, 0.25) is 0 Å². The molecule has 1 N–H and O–H groups in total. The number of amides is 1. The van der Waals surface area contributed by atoms with E-state index < -0.39 is 17.7 Å². The van der Waals surface area contributed by atoms with Crippen LogP contribution >= 0.6 is 0 Å². The summed E-state index contributed by atoms with van der Waals surface area (Å²) in [6.45, 7) is 7.38. The highest BCUT2D eigenvalue weighted by Gasteiger charge is 2.20. The normalized spacial score (nSPS) is 12.3. The summed E-state index contributed by atoms with van der Waals surface area (Å²) < 4.78 is 5.22. The average Bonchev–Trinajstić information content (AvgIpc) is 2.51. The van der Waals surface area contributed by atoms with Crippen LogP contribution in [0.1, 0.15) is 37.9 Å². The second-order valence-corrected chi connectivity index (χ2v) is 6.70. The van der Waals surface area contributed by atoms with E-state index in [4.69, 9.17) is 4.74 Å². The molecule has 0 radical (unpaired) electrons. The van der Waals surface area contributed by atoms with E-state index in [-0.39, 0.29) is 0 Å². The van der Waals surface area contributed by atoms with Gasteiger partial charge in [0.2, 0.25) is 0 Å². The number of hydrogen-bond acceptors (Lipinski definition) is 3. The second kappa shape index (κ2) is 7.30. The quantitative estimate of drug-likeness (QED) is 0.846. The summed E-state index contributed by atoms with van der Waals surface area (Å²) in [4.78, 5) is 23.4. The zero-order chi connectivity index (χ0) is 17.7. The summed E-state index contributed by atoms with van der Waals surface area (Å²) in [7, 11) is 0. The molecule has 0 aliphatic rings. The largest absolute Gasteiger partial charge is 0.444 e. The molecule has 1 atom stereocenters. The number of alkyl carbamates (subject to hydrolysis) is 1. The number of carbonyl (C=O) groups is 2. The fraction of sp³-hybridized carbons (Fsp3) is 0.300. The summed E-state index contributed by atoms with van der Waals surface area (Å²) in [5.41, 5.74) is 3.36. The van der Waals surface area contributed by atoms with E-state index in [1.807, 2.05) is 55.5 Å². The highest BCUT2D eigenvalue weighted by atomic mass is 16.6. The zero-order valence-electron chi connectivity index (χ0n) is 14.5. The number of nitrogens with one attached hydrogen (secondary N) is 1. The lowest BCUT2D eigenvalue weighted by atomic mass is 9.97. The molecule has 0 spiro atoms. The van der Waals surface area contributed by atoms with E-state index in [2.05, 4.69) is 5.32 Å². The highest BCUT2D eigenvalue weighted by molar-refractivity contribution is 5.76. The van der Waals surface area contributed by atoms with Crippen LogP contribution in [0.5, 0.6) is 0 Å². The molecule has 2 rings (SSSR count). The number of carbonyl (C=O) groups excluding carboxylic acids is 2. The molecule has 0 saturated carbocycles. The fourth-order valence-electron chi connectivity index (χ4n) is 2.43. The first kappa shape index (κ1) is 17.7. The number of aryl methyl sites for hydroxylation is 1. The topological polar surface area (TPSA) is 55.4 Å². The Morgan fingerprint density at radius 2 is 1.83 bits per heavy atom. The molecule has 0 aliphatic heterocycles. The van der Waals surface area contributed by atoms with Crippen molar-refractivity contribution in [1.29, 1.82) is 0 Å². The van der Waals surface area contributed by atoms with E-state index in [0.29, 0.717) is 6.29 Å². The van der Waals surface area contributed by atoms with Crippen LogP contribution in [0.25, 0.3) is 11.1 Å². The Hall–Kier alpha value is -2.62. The van der Waals surface area contributed by atoms with Crippen molar-refractivity contribution in [2.45, 2.75) is 39.3 Å². The third-order valence-electron chi connectivity index (χ3n) is 3.51. The summed E-state index contributed by atoms with van der Waals surface area (Å²) in [6, 6.07) is 14.9. The SMILES string of the molecule is Cc1ccccc1-c1cccc(C(C=O)NC(=O)OC(C)(C)C)c1. The standard InChI is InChI=1S/C20H23NO3/c1-14-8-5-6-11-17(14)15-9-7-10-16(12-15)18(13-22)21-19(23)24-20(2,3)4/h5-13,18H,1-4H3,(H,21,23). The Labute approximate surface area is 142 Å². The molecule has 4 heteroatoms. The van der Waals surface area contributed by atoms with Gasteiger partial charge in [-0.2, -0.15) is 0 Å². The van der Waals surface area contributed by atoms with Gasteiger partial charge >= 0.3 is 6.09 Å². The summed E-state index contributed by atoms with van der Waals surface area (Å²) in [5.74, 6) is 0. The van der Waals surface area contributed by atoms with E-state index in [1.54, 1.807) is 20.8 Å². The van der Waals surface area contributed by atoms with Gasteiger partial charge in [0.15, 0.2) is 0 Å². The molecule has 2 aromatic carbocycles. The molecular weight excluding hydrogens is 302 g/mol. The highest BCUT2D eigenvalue weighted by Crippen LogP contribution is 2.25. The molecular formula is C20H23NO3. The predicted molar refractivity (Wildman–Crippen MR) is 94.8 cm³/mol. The van der Waals surface area contributed by atoms with Crippen LogP contribution in [0.4, 0.5) is 4.79 Å². The van der Waals surface area contributed by atoms with Crippen molar-refractivity contribution in [3.05, 3.63) is 59.7 Å². The molecule has 0 bridgehead atoms. The Kier molecular flexibility index (Phi) is 5.39. The van der Waals surface area contributed by atoms with Crippen molar-refractivity contribution in [2.75, 3.05) is 0 Å². The van der Waals surface area contributed by atoms with Gasteiger partial charge in [-0.25, -0.2) is 4.79 Å². The van der Waals surface area contributed by atoms with E-state index in [9.17, 15) is 9.59 Å². The number of benzene rings is 2. The van der Waals surface area contributed by atoms with Gasteiger partial charge < -0.3 is 14.8 Å². The van der Waals surface area contributed by atoms with Gasteiger partial charge in [-0.1, -0.05) is 42.5 Å². The van der Waals surface area contributed by atoms with Crippen LogP contribution in [0, 0.1) is 6.92 Å². The monoisotopic (exact) mass is 325 g/mol. The second-order valence-electron chi connectivity index (χ2n) is 6.70. The van der Waals surface area contributed by atoms with Crippen LogP contribution in [-0.2, 0) is 9.53 Å². The Morgan fingerprint density at radius 3 is 2.46 bits per heavy atom. The number of aldehydes is 1. The van der Waals surface area contributed by atoms with E-state index in [0.717, 1.165) is 22.3 Å². The van der Waals surface area contributed by atoms with Crippen LogP contribution < -0.4 is 5.32 Å². The minimum Gasteiger partial charge on any atom is -0.444 e. The van der Waals surface area contributed by atoms with Crippen molar-refractivity contribution in [3.63, 3.8) is 0 Å². The molecule has 24 heavy (non-hydrogen) atoms. The average molecular weight is 325 g/mol. The summed E-state index contributed by atoms with van der Waals surface area (Å²) in [6.07, 6.45) is 0.0989. The van der Waals surface area contributed by atoms with Crippen molar-refractivity contribution in [1.82, 2.24) is 5.32 Å². The Bertz CT molecular complexity index is 732. The maximum Gasteiger partial charge on any atom is 0.408 e. The third-order valence-corrected chi connectivity index (χ3v) is 3.51. The van der Waals surface area contributed by atoms with Gasteiger partial charge in [-0.3, -0.25) is 0 Å². The molecule has 0 fully saturated rings.